The van der Waals surface area contributed by atoms with Crippen LogP contribution in [0.5, 0.6) is 0 Å². The van der Waals surface area contributed by atoms with Gasteiger partial charge >= 0.3 is 0 Å². The van der Waals surface area contributed by atoms with Crippen LogP contribution in [0, 0.1) is 0 Å². The summed E-state index contributed by atoms with van der Waals surface area (Å²) in [5, 5.41) is 0. The molecule has 188 valence electrons. The highest BCUT2D eigenvalue weighted by Crippen LogP contribution is 2.50. The standard InChI is InChI=1S/C33H51N/c1-22(2)27-15-14-16-28(23(3)4)29(27)34-21-33(13,20-32(34,11)12)26-18-24(30(5,6)7)17-25(19-26)31(8,9)10/h14-19,22-23H,20-21H2,1-13H3. The minimum absolute atomic E-state index is 0.0863. The lowest BCUT2D eigenvalue weighted by molar-refractivity contribution is 0.442. The summed E-state index contributed by atoms with van der Waals surface area (Å²) in [6, 6.07) is 14.5. The average molecular weight is 462 g/mol. The zero-order chi connectivity index (χ0) is 25.9. The summed E-state index contributed by atoms with van der Waals surface area (Å²) in [6.07, 6.45) is 1.15. The van der Waals surface area contributed by atoms with Crippen LogP contribution >= 0.6 is 0 Å². The van der Waals surface area contributed by atoms with Gasteiger partial charge in [0.2, 0.25) is 0 Å². The van der Waals surface area contributed by atoms with Gasteiger partial charge in [0.1, 0.15) is 0 Å². The molecule has 0 aliphatic carbocycles. The number of hydrogen-bond acceptors (Lipinski definition) is 1. The lowest BCUT2D eigenvalue weighted by atomic mass is 9.72. The number of hydrogen-bond donors (Lipinski definition) is 0. The Labute approximate surface area is 211 Å². The highest BCUT2D eigenvalue weighted by atomic mass is 15.2. The quantitative estimate of drug-likeness (QED) is 0.438. The van der Waals surface area contributed by atoms with E-state index in [-0.39, 0.29) is 21.8 Å². The molecule has 1 fully saturated rings. The Balaban J connectivity index is 2.20. The van der Waals surface area contributed by atoms with Gasteiger partial charge in [0, 0.05) is 23.2 Å². The van der Waals surface area contributed by atoms with E-state index in [2.05, 4.69) is 131 Å². The van der Waals surface area contributed by atoms with E-state index in [9.17, 15) is 0 Å². The molecule has 2 aromatic rings. The van der Waals surface area contributed by atoms with Crippen LogP contribution in [0.1, 0.15) is 136 Å². The number of anilines is 1. The second-order valence-corrected chi connectivity index (χ2v) is 14.5. The molecule has 1 nitrogen and oxygen atoms in total. The van der Waals surface area contributed by atoms with Gasteiger partial charge in [-0.2, -0.15) is 0 Å². The zero-order valence-electron chi connectivity index (χ0n) is 24.5. The van der Waals surface area contributed by atoms with Crippen LogP contribution < -0.4 is 4.90 Å². The summed E-state index contributed by atoms with van der Waals surface area (Å²) in [6.45, 7) is 31.9. The van der Waals surface area contributed by atoms with Gasteiger partial charge in [-0.15, -0.1) is 0 Å². The molecule has 1 aliphatic heterocycles. The monoisotopic (exact) mass is 461 g/mol. The van der Waals surface area contributed by atoms with Crippen molar-refractivity contribution in [2.45, 2.75) is 130 Å². The van der Waals surface area contributed by atoms with Crippen molar-refractivity contribution >= 4 is 5.69 Å². The molecule has 1 saturated heterocycles. The maximum absolute atomic E-state index is 2.76. The SMILES string of the molecule is CC(C)c1cccc(C(C)C)c1N1CC(C)(c2cc(C(C)(C)C)cc(C(C)(C)C)c2)CC1(C)C. The number of rotatable bonds is 4. The molecule has 0 aromatic heterocycles. The van der Waals surface area contributed by atoms with E-state index < -0.39 is 0 Å². The molecule has 0 amide bonds. The van der Waals surface area contributed by atoms with Crippen molar-refractivity contribution in [3.8, 4) is 0 Å². The molecule has 0 spiro atoms. The summed E-state index contributed by atoms with van der Waals surface area (Å²) in [5.74, 6) is 1.01. The third-order valence-corrected chi connectivity index (χ3v) is 8.03. The smallest absolute Gasteiger partial charge is 0.0441 e. The minimum Gasteiger partial charge on any atom is -0.365 e. The molecule has 1 atom stereocenters. The molecule has 1 unspecified atom stereocenters. The Morgan fingerprint density at radius 2 is 1.18 bits per heavy atom. The fourth-order valence-electron chi connectivity index (χ4n) is 5.91. The van der Waals surface area contributed by atoms with Crippen molar-refractivity contribution in [2.75, 3.05) is 11.4 Å². The molecule has 3 rings (SSSR count). The second-order valence-electron chi connectivity index (χ2n) is 14.5. The van der Waals surface area contributed by atoms with E-state index in [4.69, 9.17) is 0 Å². The fraction of sp³-hybridized carbons (Fsp3) is 0.636. The van der Waals surface area contributed by atoms with Gasteiger partial charge in [-0.25, -0.2) is 0 Å². The van der Waals surface area contributed by atoms with Gasteiger partial charge in [0.25, 0.3) is 0 Å². The Morgan fingerprint density at radius 3 is 1.56 bits per heavy atom. The summed E-state index contributed by atoms with van der Waals surface area (Å²) in [4.78, 5) is 2.76. The van der Waals surface area contributed by atoms with Crippen molar-refractivity contribution in [3.05, 3.63) is 64.2 Å². The van der Waals surface area contributed by atoms with Gasteiger partial charge in [0.15, 0.2) is 0 Å². The molecule has 0 radical (unpaired) electrons. The number of benzene rings is 2. The predicted octanol–water partition coefficient (Wildman–Crippen LogP) is 9.47. The topological polar surface area (TPSA) is 3.24 Å². The van der Waals surface area contributed by atoms with Crippen molar-refractivity contribution in [1.82, 2.24) is 0 Å². The Hall–Kier alpha value is -1.76. The molecule has 0 saturated carbocycles. The first kappa shape index (κ1) is 26.8. The summed E-state index contributed by atoms with van der Waals surface area (Å²) in [7, 11) is 0. The van der Waals surface area contributed by atoms with Crippen LogP contribution in [0.4, 0.5) is 5.69 Å². The van der Waals surface area contributed by atoms with E-state index in [0.717, 1.165) is 13.0 Å². The normalized spacial score (nSPS) is 21.1. The molecule has 0 N–H and O–H groups in total. The van der Waals surface area contributed by atoms with Gasteiger partial charge in [-0.1, -0.05) is 113 Å². The van der Waals surface area contributed by atoms with Crippen molar-refractivity contribution < 1.29 is 0 Å². The van der Waals surface area contributed by atoms with E-state index >= 15 is 0 Å². The summed E-state index contributed by atoms with van der Waals surface area (Å²) >= 11 is 0. The number of para-hydroxylation sites is 1. The Kier molecular flexibility index (Phi) is 6.88. The average Bonchev–Trinajstić information content (AvgIpc) is 2.95. The molecule has 1 heteroatoms. The highest BCUT2D eigenvalue weighted by molar-refractivity contribution is 5.65. The minimum atomic E-state index is 0.0863. The molecule has 34 heavy (non-hydrogen) atoms. The third-order valence-electron chi connectivity index (χ3n) is 8.03. The molecule has 1 heterocycles. The first-order valence-electron chi connectivity index (χ1n) is 13.4. The van der Waals surface area contributed by atoms with Crippen molar-refractivity contribution in [2.24, 2.45) is 0 Å². The first-order chi connectivity index (χ1) is 15.4. The van der Waals surface area contributed by atoms with E-state index in [1.165, 1.54) is 33.5 Å². The van der Waals surface area contributed by atoms with Crippen LogP contribution in [0.3, 0.4) is 0 Å². The van der Waals surface area contributed by atoms with Crippen LogP contribution in [0.15, 0.2) is 36.4 Å². The van der Waals surface area contributed by atoms with Crippen LogP contribution in [0.2, 0.25) is 0 Å². The maximum Gasteiger partial charge on any atom is 0.0441 e. The van der Waals surface area contributed by atoms with E-state index in [0.29, 0.717) is 11.8 Å². The Bertz CT molecular complexity index is 967. The summed E-state index contributed by atoms with van der Waals surface area (Å²) in [5.41, 5.74) is 9.34. The van der Waals surface area contributed by atoms with Crippen LogP contribution in [-0.4, -0.2) is 12.1 Å². The second kappa shape index (κ2) is 8.72. The summed E-state index contributed by atoms with van der Waals surface area (Å²) < 4.78 is 0. The Morgan fingerprint density at radius 1 is 0.735 bits per heavy atom. The van der Waals surface area contributed by atoms with Gasteiger partial charge in [-0.3, -0.25) is 0 Å². The lowest BCUT2D eigenvalue weighted by Crippen LogP contribution is -2.39. The van der Waals surface area contributed by atoms with Crippen molar-refractivity contribution in [1.29, 1.82) is 0 Å². The first-order valence-corrected chi connectivity index (χ1v) is 13.4. The van der Waals surface area contributed by atoms with Crippen LogP contribution in [0.25, 0.3) is 0 Å². The molecule has 1 aliphatic rings. The fourth-order valence-corrected chi connectivity index (χ4v) is 5.91. The molecular weight excluding hydrogens is 410 g/mol. The molecular formula is C33H51N. The zero-order valence-corrected chi connectivity index (χ0v) is 24.5. The van der Waals surface area contributed by atoms with Gasteiger partial charge < -0.3 is 4.90 Å². The maximum atomic E-state index is 2.76. The van der Waals surface area contributed by atoms with Gasteiger partial charge in [-0.05, 0) is 70.8 Å². The molecule has 0 bridgehead atoms. The highest BCUT2D eigenvalue weighted by Gasteiger charge is 2.48. The number of nitrogens with zero attached hydrogens (tertiary/aromatic N) is 1. The largest absolute Gasteiger partial charge is 0.365 e. The van der Waals surface area contributed by atoms with Gasteiger partial charge in [0.05, 0.1) is 0 Å². The van der Waals surface area contributed by atoms with Crippen LogP contribution in [-0.2, 0) is 16.2 Å². The third kappa shape index (κ3) is 5.09. The predicted molar refractivity (Wildman–Crippen MR) is 152 cm³/mol. The lowest BCUT2D eigenvalue weighted by Gasteiger charge is -2.38. The van der Waals surface area contributed by atoms with E-state index in [1.54, 1.807) is 0 Å². The van der Waals surface area contributed by atoms with Crippen molar-refractivity contribution in [3.63, 3.8) is 0 Å². The van der Waals surface area contributed by atoms with E-state index in [1.807, 2.05) is 0 Å². The molecule has 2 aromatic carbocycles.